The first-order valence-corrected chi connectivity index (χ1v) is 13.2. The van der Waals surface area contributed by atoms with Gasteiger partial charge in [-0.15, -0.1) is 0 Å². The number of sulfonamides is 1. The highest BCUT2D eigenvalue weighted by atomic mass is 35.5. The van der Waals surface area contributed by atoms with Gasteiger partial charge in [0.05, 0.1) is 16.1 Å². The minimum Gasteiger partial charge on any atom is -0.357 e. The summed E-state index contributed by atoms with van der Waals surface area (Å²) >= 11 is 6.06. The van der Waals surface area contributed by atoms with E-state index in [2.05, 4.69) is 5.32 Å². The topological polar surface area (TPSA) is 86.8 Å². The Hall–Kier alpha value is -3.57. The molecule has 2 amide bonds. The van der Waals surface area contributed by atoms with Gasteiger partial charge in [-0.3, -0.25) is 13.9 Å². The first-order chi connectivity index (χ1) is 17.8. The summed E-state index contributed by atoms with van der Waals surface area (Å²) in [5.41, 5.74) is -0.865. The zero-order chi connectivity index (χ0) is 28.1. The summed E-state index contributed by atoms with van der Waals surface area (Å²) in [6, 6.07) is 16.3. The minimum atomic E-state index is -4.74. The number of hydrogen-bond acceptors (Lipinski definition) is 4. The molecule has 3 rings (SSSR count). The SMILES string of the molecule is CNC(=O)C(C)N(Cc1cccc(Cl)c1)C(=O)CN(c1cccc(C(F)(F)F)c1)S(=O)(=O)c1ccccc1. The third-order valence-electron chi connectivity index (χ3n) is 5.73. The summed E-state index contributed by atoms with van der Waals surface area (Å²) in [5.74, 6) is -1.32. The first-order valence-electron chi connectivity index (χ1n) is 11.3. The lowest BCUT2D eigenvalue weighted by Crippen LogP contribution is -2.50. The second-order valence-electron chi connectivity index (χ2n) is 8.31. The molecule has 0 aromatic heterocycles. The van der Waals surface area contributed by atoms with Crippen LogP contribution in [0.4, 0.5) is 18.9 Å². The fourth-order valence-corrected chi connectivity index (χ4v) is 5.35. The molecule has 0 aliphatic carbocycles. The van der Waals surface area contributed by atoms with Gasteiger partial charge in [-0.05, 0) is 55.0 Å². The van der Waals surface area contributed by atoms with Crippen molar-refractivity contribution < 1.29 is 31.2 Å². The van der Waals surface area contributed by atoms with Crippen molar-refractivity contribution in [2.24, 2.45) is 0 Å². The van der Waals surface area contributed by atoms with Crippen molar-refractivity contribution in [2.75, 3.05) is 17.9 Å². The Morgan fingerprint density at radius 2 is 1.63 bits per heavy atom. The van der Waals surface area contributed by atoms with E-state index in [9.17, 15) is 31.2 Å². The summed E-state index contributed by atoms with van der Waals surface area (Å²) in [5, 5.41) is 2.84. The molecule has 1 unspecified atom stereocenters. The molecule has 0 bridgehead atoms. The van der Waals surface area contributed by atoms with E-state index >= 15 is 0 Å². The normalized spacial score (nSPS) is 12.5. The fraction of sp³-hybridized carbons (Fsp3) is 0.231. The van der Waals surface area contributed by atoms with Crippen LogP contribution >= 0.6 is 11.6 Å². The fourth-order valence-electron chi connectivity index (χ4n) is 3.71. The van der Waals surface area contributed by atoms with Crippen LogP contribution in [0.3, 0.4) is 0 Å². The Labute approximate surface area is 223 Å². The molecule has 3 aromatic carbocycles. The number of rotatable bonds is 9. The van der Waals surface area contributed by atoms with Crippen LogP contribution in [0.25, 0.3) is 0 Å². The van der Waals surface area contributed by atoms with Gasteiger partial charge in [-0.25, -0.2) is 8.42 Å². The molecule has 38 heavy (non-hydrogen) atoms. The number of nitrogens with one attached hydrogen (secondary N) is 1. The van der Waals surface area contributed by atoms with Gasteiger partial charge in [0.2, 0.25) is 11.8 Å². The second kappa shape index (κ2) is 11.9. The number of likely N-dealkylation sites (N-methyl/N-ethyl adjacent to an activating group) is 1. The third kappa shape index (κ3) is 6.84. The van der Waals surface area contributed by atoms with Crippen molar-refractivity contribution >= 4 is 39.1 Å². The summed E-state index contributed by atoms with van der Waals surface area (Å²) in [6.07, 6.45) is -4.74. The molecule has 12 heteroatoms. The maximum absolute atomic E-state index is 13.6. The van der Waals surface area contributed by atoms with E-state index in [1.165, 1.54) is 44.3 Å². The number of halogens is 4. The molecule has 7 nitrogen and oxygen atoms in total. The lowest BCUT2D eigenvalue weighted by atomic mass is 10.1. The van der Waals surface area contributed by atoms with Crippen LogP contribution in [0, 0.1) is 0 Å². The number of carbonyl (C=O) groups excluding carboxylic acids is 2. The summed E-state index contributed by atoms with van der Waals surface area (Å²) in [7, 11) is -3.09. The number of alkyl halides is 3. The highest BCUT2D eigenvalue weighted by Gasteiger charge is 2.35. The van der Waals surface area contributed by atoms with Crippen molar-refractivity contribution in [3.8, 4) is 0 Å². The van der Waals surface area contributed by atoms with Crippen LogP contribution in [0.1, 0.15) is 18.1 Å². The number of anilines is 1. The summed E-state index contributed by atoms with van der Waals surface area (Å²) < 4.78 is 68.2. The van der Waals surface area contributed by atoms with Crippen LogP contribution in [-0.2, 0) is 32.3 Å². The molecule has 1 N–H and O–H groups in total. The lowest BCUT2D eigenvalue weighted by molar-refractivity contribution is -0.139. The van der Waals surface area contributed by atoms with Gasteiger partial charge in [-0.1, -0.05) is 48.0 Å². The average molecular weight is 568 g/mol. The van der Waals surface area contributed by atoms with E-state index < -0.39 is 46.2 Å². The Morgan fingerprint density at radius 3 is 2.24 bits per heavy atom. The lowest BCUT2D eigenvalue weighted by Gasteiger charge is -2.32. The van der Waals surface area contributed by atoms with Crippen LogP contribution in [-0.4, -0.2) is 44.8 Å². The molecule has 0 saturated carbocycles. The van der Waals surface area contributed by atoms with Gasteiger partial charge in [0.25, 0.3) is 10.0 Å². The van der Waals surface area contributed by atoms with E-state index in [0.29, 0.717) is 21.0 Å². The van der Waals surface area contributed by atoms with Gasteiger partial charge in [-0.2, -0.15) is 13.2 Å². The Balaban J connectivity index is 2.08. The van der Waals surface area contributed by atoms with Crippen LogP contribution < -0.4 is 9.62 Å². The molecule has 0 aliphatic heterocycles. The van der Waals surface area contributed by atoms with Gasteiger partial charge in [0, 0.05) is 18.6 Å². The van der Waals surface area contributed by atoms with Crippen molar-refractivity contribution in [2.45, 2.75) is 30.6 Å². The second-order valence-corrected chi connectivity index (χ2v) is 10.6. The molecule has 0 heterocycles. The summed E-state index contributed by atoms with van der Waals surface area (Å²) in [6.45, 7) is 0.498. The molecular weight excluding hydrogens is 543 g/mol. The largest absolute Gasteiger partial charge is 0.416 e. The molecular formula is C26H25ClF3N3O4S. The maximum Gasteiger partial charge on any atom is 0.416 e. The van der Waals surface area contributed by atoms with E-state index in [1.807, 2.05) is 0 Å². The van der Waals surface area contributed by atoms with Crippen molar-refractivity contribution in [1.29, 1.82) is 0 Å². The molecule has 0 spiro atoms. The average Bonchev–Trinajstić information content (AvgIpc) is 2.89. The number of benzene rings is 3. The molecule has 0 saturated heterocycles. The number of nitrogens with zero attached hydrogens (tertiary/aromatic N) is 2. The zero-order valence-corrected chi connectivity index (χ0v) is 22.0. The molecule has 202 valence electrons. The van der Waals surface area contributed by atoms with Crippen LogP contribution in [0.2, 0.25) is 5.02 Å². The Morgan fingerprint density at radius 1 is 0.974 bits per heavy atom. The van der Waals surface area contributed by atoms with Crippen LogP contribution in [0.5, 0.6) is 0 Å². The number of carbonyl (C=O) groups is 2. The maximum atomic E-state index is 13.6. The van der Waals surface area contributed by atoms with Crippen molar-refractivity contribution in [3.05, 3.63) is 95.0 Å². The number of hydrogen-bond donors (Lipinski definition) is 1. The molecule has 0 aliphatic rings. The third-order valence-corrected chi connectivity index (χ3v) is 7.75. The molecule has 0 fully saturated rings. The zero-order valence-electron chi connectivity index (χ0n) is 20.4. The molecule has 0 radical (unpaired) electrons. The molecule has 3 aromatic rings. The van der Waals surface area contributed by atoms with Crippen molar-refractivity contribution in [3.63, 3.8) is 0 Å². The smallest absolute Gasteiger partial charge is 0.357 e. The number of amides is 2. The highest BCUT2D eigenvalue weighted by molar-refractivity contribution is 7.92. The van der Waals surface area contributed by atoms with Crippen molar-refractivity contribution in [1.82, 2.24) is 10.2 Å². The van der Waals surface area contributed by atoms with Gasteiger partial charge < -0.3 is 10.2 Å². The van der Waals surface area contributed by atoms with E-state index in [4.69, 9.17) is 11.6 Å². The predicted molar refractivity (Wildman–Crippen MR) is 138 cm³/mol. The standard InChI is InChI=1S/C26H25ClF3N3O4S/c1-18(25(35)31-2)32(16-19-8-6-10-21(27)14-19)24(34)17-33(38(36,37)23-12-4-3-5-13-23)22-11-7-9-20(15-22)26(28,29)30/h3-15,18H,16-17H2,1-2H3,(H,31,35). The Bertz CT molecular complexity index is 1400. The summed E-state index contributed by atoms with van der Waals surface area (Å²) in [4.78, 5) is 27.0. The van der Waals surface area contributed by atoms with Crippen LogP contribution in [0.15, 0.2) is 83.8 Å². The van der Waals surface area contributed by atoms with E-state index in [1.54, 1.807) is 30.3 Å². The van der Waals surface area contributed by atoms with E-state index in [0.717, 1.165) is 17.0 Å². The predicted octanol–water partition coefficient (Wildman–Crippen LogP) is 4.72. The van der Waals surface area contributed by atoms with Gasteiger partial charge in [0.1, 0.15) is 12.6 Å². The first kappa shape index (κ1) is 29.0. The quantitative estimate of drug-likeness (QED) is 0.405. The highest BCUT2D eigenvalue weighted by Crippen LogP contribution is 2.33. The van der Waals surface area contributed by atoms with E-state index in [-0.39, 0.29) is 17.1 Å². The monoisotopic (exact) mass is 567 g/mol. The van der Waals surface area contributed by atoms with Gasteiger partial charge >= 0.3 is 6.18 Å². The van der Waals surface area contributed by atoms with Gasteiger partial charge in [0.15, 0.2) is 0 Å². The Kier molecular flexibility index (Phi) is 9.05. The molecule has 1 atom stereocenters. The minimum absolute atomic E-state index is 0.101.